The van der Waals surface area contributed by atoms with Crippen LogP contribution in [-0.2, 0) is 0 Å². The summed E-state index contributed by atoms with van der Waals surface area (Å²) in [4.78, 5) is 0. The van der Waals surface area contributed by atoms with Crippen molar-refractivity contribution in [1.29, 1.82) is 0 Å². The van der Waals surface area contributed by atoms with Crippen LogP contribution in [0.2, 0.25) is 0 Å². The second-order valence-electron chi connectivity index (χ2n) is 11.9. The number of alkyl halides is 2. The lowest BCUT2D eigenvalue weighted by molar-refractivity contribution is -0.131. The Hall–Kier alpha value is -4.00. The third-order valence-electron chi connectivity index (χ3n) is 8.65. The zero-order valence-electron chi connectivity index (χ0n) is 25.1. The lowest BCUT2D eigenvalue weighted by atomic mass is 9.77. The quantitative estimate of drug-likeness (QED) is 0.0919. The van der Waals surface area contributed by atoms with E-state index in [-0.39, 0.29) is 0 Å². The summed E-state index contributed by atoms with van der Waals surface area (Å²) in [5.74, 6) is -4.87. The summed E-state index contributed by atoms with van der Waals surface area (Å²) in [7, 11) is 0. The smallest absolute Gasteiger partial charge is 0.419 e. The largest absolute Gasteiger partial charge is 0.429 e. The monoisotopic (exact) mass is 622 g/mol. The van der Waals surface area contributed by atoms with Crippen molar-refractivity contribution in [2.75, 3.05) is 0 Å². The Labute approximate surface area is 260 Å². The molecule has 0 aromatic heterocycles. The topological polar surface area (TPSA) is 9.23 Å². The van der Waals surface area contributed by atoms with E-state index in [4.69, 9.17) is 0 Å². The van der Waals surface area contributed by atoms with Crippen LogP contribution in [0, 0.1) is 29.2 Å². The Morgan fingerprint density at radius 1 is 0.711 bits per heavy atom. The van der Waals surface area contributed by atoms with E-state index in [0.717, 1.165) is 23.1 Å². The molecule has 45 heavy (non-hydrogen) atoms. The highest BCUT2D eigenvalue weighted by molar-refractivity contribution is 5.72. The Bertz CT molecular complexity index is 1580. The van der Waals surface area contributed by atoms with Gasteiger partial charge in [0.2, 0.25) is 0 Å². The standard InChI is InChI=1S/C38H36F6O/c1-2-3-4-5-25-6-10-27(11-7-25)28-14-16-29(17-15-28)31-18-19-33(34(39)22-31)30-12-8-26(9-13-30)20-21-38(43,44)45-32-23-35(40)37(42)36(41)24-32/h8-9,12-25,27H,2-7,10-11H2,1H3. The first-order chi connectivity index (χ1) is 21.6. The van der Waals surface area contributed by atoms with Crippen molar-refractivity contribution in [3.8, 4) is 28.0 Å². The number of rotatable bonds is 11. The highest BCUT2D eigenvalue weighted by Crippen LogP contribution is 2.38. The van der Waals surface area contributed by atoms with Gasteiger partial charge in [-0.2, -0.15) is 8.78 Å². The number of unbranched alkanes of at least 4 members (excludes halogenated alkanes) is 2. The highest BCUT2D eigenvalue weighted by Gasteiger charge is 2.29. The second kappa shape index (κ2) is 14.4. The van der Waals surface area contributed by atoms with E-state index >= 15 is 4.39 Å². The molecular weight excluding hydrogens is 586 g/mol. The van der Waals surface area contributed by atoms with Crippen LogP contribution in [0.5, 0.6) is 5.75 Å². The Morgan fingerprint density at radius 3 is 1.96 bits per heavy atom. The van der Waals surface area contributed by atoms with Gasteiger partial charge in [-0.3, -0.25) is 0 Å². The van der Waals surface area contributed by atoms with Crippen molar-refractivity contribution in [3.05, 3.63) is 119 Å². The molecule has 0 aliphatic heterocycles. The number of benzene rings is 4. The summed E-state index contributed by atoms with van der Waals surface area (Å²) in [5.41, 5.74) is 4.35. The zero-order valence-corrected chi connectivity index (χ0v) is 25.1. The summed E-state index contributed by atoms with van der Waals surface area (Å²) in [6.07, 6.45) is 7.86. The fraction of sp³-hybridized carbons (Fsp3) is 0.316. The van der Waals surface area contributed by atoms with Crippen molar-refractivity contribution in [2.45, 2.75) is 70.3 Å². The number of halogens is 6. The average Bonchev–Trinajstić information content (AvgIpc) is 3.03. The molecule has 5 rings (SSSR count). The molecule has 0 amide bonds. The van der Waals surface area contributed by atoms with Crippen molar-refractivity contribution >= 4 is 6.08 Å². The Kier molecular flexibility index (Phi) is 10.4. The molecule has 0 saturated heterocycles. The molecule has 0 spiro atoms. The van der Waals surface area contributed by atoms with Gasteiger partial charge in [0.25, 0.3) is 0 Å². The fourth-order valence-electron chi connectivity index (χ4n) is 6.09. The van der Waals surface area contributed by atoms with Crippen LogP contribution >= 0.6 is 0 Å². The first kappa shape index (κ1) is 32.4. The molecule has 4 aromatic rings. The molecule has 0 bridgehead atoms. The number of hydrogen-bond acceptors (Lipinski definition) is 1. The Balaban J connectivity index is 1.19. The molecule has 0 heterocycles. The molecule has 4 aromatic carbocycles. The summed E-state index contributed by atoms with van der Waals surface area (Å²) in [6.45, 7) is 2.25. The molecule has 0 atom stereocenters. The molecule has 0 N–H and O–H groups in total. The zero-order chi connectivity index (χ0) is 32.0. The lowest BCUT2D eigenvalue weighted by Gasteiger charge is -2.29. The maximum Gasteiger partial charge on any atom is 0.419 e. The normalized spacial score (nSPS) is 17.1. The van der Waals surface area contributed by atoms with Crippen LogP contribution in [0.15, 0.2) is 84.9 Å². The van der Waals surface area contributed by atoms with Crippen molar-refractivity contribution in [3.63, 3.8) is 0 Å². The Morgan fingerprint density at radius 2 is 1.33 bits per heavy atom. The molecule has 1 aliphatic carbocycles. The molecule has 7 heteroatoms. The minimum Gasteiger partial charge on any atom is -0.429 e. The van der Waals surface area contributed by atoms with Crippen LogP contribution in [0.25, 0.3) is 28.3 Å². The van der Waals surface area contributed by atoms with Gasteiger partial charge in [-0.05, 0) is 77.5 Å². The third kappa shape index (κ3) is 8.38. The highest BCUT2D eigenvalue weighted by atomic mass is 19.3. The van der Waals surface area contributed by atoms with Gasteiger partial charge in [0, 0.05) is 23.8 Å². The molecule has 0 unspecified atom stereocenters. The summed E-state index contributed by atoms with van der Waals surface area (Å²) >= 11 is 0. The van der Waals surface area contributed by atoms with Gasteiger partial charge in [0.1, 0.15) is 11.6 Å². The molecular formula is C38H36F6O. The van der Waals surface area contributed by atoms with E-state index in [0.29, 0.717) is 40.8 Å². The summed E-state index contributed by atoms with van der Waals surface area (Å²) in [5, 5.41) is 0. The van der Waals surface area contributed by atoms with Gasteiger partial charge in [-0.1, -0.05) is 93.3 Å². The van der Waals surface area contributed by atoms with Gasteiger partial charge in [0.15, 0.2) is 17.5 Å². The average molecular weight is 623 g/mol. The molecule has 1 fully saturated rings. The molecule has 1 nitrogen and oxygen atoms in total. The fourth-order valence-corrected chi connectivity index (χ4v) is 6.09. The SMILES string of the molecule is CCCCCC1CCC(c2ccc(-c3ccc(-c4ccc(C=CC(F)(F)Oc5cc(F)c(F)c(F)c5)cc4)c(F)c3)cc2)CC1. The summed E-state index contributed by atoms with van der Waals surface area (Å²) in [6, 6.07) is 20.5. The van der Waals surface area contributed by atoms with Crippen LogP contribution in [-0.4, -0.2) is 6.11 Å². The van der Waals surface area contributed by atoms with Crippen molar-refractivity contribution in [2.24, 2.45) is 5.92 Å². The van der Waals surface area contributed by atoms with Gasteiger partial charge in [0.05, 0.1) is 0 Å². The predicted molar refractivity (Wildman–Crippen MR) is 167 cm³/mol. The van der Waals surface area contributed by atoms with Gasteiger partial charge >= 0.3 is 6.11 Å². The van der Waals surface area contributed by atoms with Gasteiger partial charge in [-0.15, -0.1) is 0 Å². The van der Waals surface area contributed by atoms with Crippen LogP contribution in [0.1, 0.15) is 75.3 Å². The van der Waals surface area contributed by atoms with E-state index in [9.17, 15) is 22.0 Å². The maximum atomic E-state index is 15.2. The minimum absolute atomic E-state index is 0.338. The lowest BCUT2D eigenvalue weighted by Crippen LogP contribution is -2.21. The first-order valence-electron chi connectivity index (χ1n) is 15.5. The van der Waals surface area contributed by atoms with Crippen molar-refractivity contribution in [1.82, 2.24) is 0 Å². The molecule has 1 saturated carbocycles. The first-order valence-corrected chi connectivity index (χ1v) is 15.5. The van der Waals surface area contributed by atoms with Crippen LogP contribution in [0.4, 0.5) is 26.3 Å². The summed E-state index contributed by atoms with van der Waals surface area (Å²) < 4.78 is 87.7. The maximum absolute atomic E-state index is 15.2. The van der Waals surface area contributed by atoms with E-state index in [1.807, 2.05) is 6.07 Å². The third-order valence-corrected chi connectivity index (χ3v) is 8.65. The van der Waals surface area contributed by atoms with Crippen LogP contribution in [0.3, 0.4) is 0 Å². The second-order valence-corrected chi connectivity index (χ2v) is 11.9. The molecule has 1 aliphatic rings. The van der Waals surface area contributed by atoms with Gasteiger partial charge in [-0.25, -0.2) is 17.6 Å². The molecule has 0 radical (unpaired) electrons. The van der Waals surface area contributed by atoms with E-state index in [1.165, 1.54) is 75.1 Å². The van der Waals surface area contributed by atoms with Gasteiger partial charge < -0.3 is 4.74 Å². The molecule has 236 valence electrons. The number of hydrogen-bond donors (Lipinski definition) is 0. The number of ether oxygens (including phenoxy) is 1. The van der Waals surface area contributed by atoms with E-state index in [2.05, 4.69) is 35.9 Å². The van der Waals surface area contributed by atoms with E-state index < -0.39 is 35.1 Å². The predicted octanol–water partition coefficient (Wildman–Crippen LogP) is 12.1. The van der Waals surface area contributed by atoms with E-state index in [1.54, 1.807) is 18.2 Å². The van der Waals surface area contributed by atoms with Crippen molar-refractivity contribution < 1.29 is 31.1 Å². The van der Waals surface area contributed by atoms with Crippen LogP contribution < -0.4 is 4.74 Å². The minimum atomic E-state index is -3.93.